The molecule has 0 bridgehead atoms. The minimum atomic E-state index is -0.235. The summed E-state index contributed by atoms with van der Waals surface area (Å²) in [6.45, 7) is 5.67. The van der Waals surface area contributed by atoms with Gasteiger partial charge >= 0.3 is 0 Å². The fourth-order valence-corrected chi connectivity index (χ4v) is 3.43. The number of nitrogens with one attached hydrogen (secondary N) is 1. The standard InChI is InChI=1S/C20H18Cl3N3O/c1-11(2)24-20(27)18-12(3)19(13-4-6-14(21)7-5-13)26(25-18)17-9-8-15(22)10-16(17)23/h4-11H,1-3H3,(H,24,27). The van der Waals surface area contributed by atoms with Crippen LogP contribution in [0, 0.1) is 6.92 Å². The molecule has 0 aliphatic carbocycles. The number of hydrogen-bond acceptors (Lipinski definition) is 2. The summed E-state index contributed by atoms with van der Waals surface area (Å²) in [5.74, 6) is -0.235. The number of amides is 1. The normalized spacial score (nSPS) is 11.1. The van der Waals surface area contributed by atoms with Gasteiger partial charge in [-0.25, -0.2) is 4.68 Å². The molecule has 0 saturated heterocycles. The van der Waals surface area contributed by atoms with Crippen molar-refractivity contribution in [3.63, 3.8) is 0 Å². The van der Waals surface area contributed by atoms with Gasteiger partial charge in [-0.05, 0) is 51.1 Å². The van der Waals surface area contributed by atoms with Crippen LogP contribution in [0.2, 0.25) is 15.1 Å². The molecular weight excluding hydrogens is 405 g/mol. The fourth-order valence-electron chi connectivity index (χ4n) is 2.82. The first-order chi connectivity index (χ1) is 12.8. The Hall–Kier alpha value is -2.01. The number of nitrogens with zero attached hydrogens (tertiary/aromatic N) is 2. The molecule has 27 heavy (non-hydrogen) atoms. The van der Waals surface area contributed by atoms with Crippen molar-refractivity contribution < 1.29 is 4.79 Å². The van der Waals surface area contributed by atoms with Gasteiger partial charge in [-0.2, -0.15) is 5.10 Å². The predicted molar refractivity (Wildman–Crippen MR) is 111 cm³/mol. The van der Waals surface area contributed by atoms with Crippen LogP contribution < -0.4 is 5.32 Å². The molecule has 0 aliphatic rings. The second-order valence-corrected chi connectivity index (χ2v) is 7.74. The topological polar surface area (TPSA) is 46.9 Å². The summed E-state index contributed by atoms with van der Waals surface area (Å²) in [5, 5.41) is 9.05. The van der Waals surface area contributed by atoms with Gasteiger partial charge in [0, 0.05) is 27.2 Å². The van der Waals surface area contributed by atoms with E-state index in [0.29, 0.717) is 26.4 Å². The van der Waals surface area contributed by atoms with Gasteiger partial charge in [-0.15, -0.1) is 0 Å². The van der Waals surface area contributed by atoms with Crippen LogP contribution in [0.25, 0.3) is 16.9 Å². The number of halogens is 3. The summed E-state index contributed by atoms with van der Waals surface area (Å²) >= 11 is 18.5. The van der Waals surface area contributed by atoms with Gasteiger partial charge in [0.15, 0.2) is 5.69 Å². The number of aromatic nitrogens is 2. The molecule has 0 aliphatic heterocycles. The second-order valence-electron chi connectivity index (χ2n) is 6.46. The number of hydrogen-bond donors (Lipinski definition) is 1. The molecule has 0 saturated carbocycles. The van der Waals surface area contributed by atoms with Crippen molar-refractivity contribution in [1.82, 2.24) is 15.1 Å². The van der Waals surface area contributed by atoms with Crippen LogP contribution in [0.5, 0.6) is 0 Å². The molecule has 0 radical (unpaired) electrons. The zero-order chi connectivity index (χ0) is 19.7. The Morgan fingerprint density at radius 2 is 1.67 bits per heavy atom. The Morgan fingerprint density at radius 3 is 2.26 bits per heavy atom. The molecule has 0 spiro atoms. The highest BCUT2D eigenvalue weighted by Gasteiger charge is 2.23. The third kappa shape index (κ3) is 4.13. The lowest BCUT2D eigenvalue weighted by atomic mass is 10.1. The van der Waals surface area contributed by atoms with E-state index in [4.69, 9.17) is 34.8 Å². The first-order valence-electron chi connectivity index (χ1n) is 8.39. The summed E-state index contributed by atoms with van der Waals surface area (Å²) in [7, 11) is 0. The molecule has 0 unspecified atom stereocenters. The number of carbonyl (C=O) groups is 1. The summed E-state index contributed by atoms with van der Waals surface area (Å²) in [6, 6.07) is 12.5. The third-order valence-electron chi connectivity index (χ3n) is 4.01. The number of carbonyl (C=O) groups excluding carboxylic acids is 1. The van der Waals surface area contributed by atoms with Crippen molar-refractivity contribution in [3.8, 4) is 16.9 Å². The monoisotopic (exact) mass is 421 g/mol. The van der Waals surface area contributed by atoms with Gasteiger partial charge < -0.3 is 5.32 Å². The van der Waals surface area contributed by atoms with Gasteiger partial charge in [0.2, 0.25) is 0 Å². The molecular formula is C20H18Cl3N3O. The van der Waals surface area contributed by atoms with Crippen LogP contribution in [0.3, 0.4) is 0 Å². The first-order valence-corrected chi connectivity index (χ1v) is 9.53. The van der Waals surface area contributed by atoms with Crippen molar-refractivity contribution in [2.75, 3.05) is 0 Å². The van der Waals surface area contributed by atoms with Crippen LogP contribution in [0.15, 0.2) is 42.5 Å². The van der Waals surface area contributed by atoms with E-state index in [1.54, 1.807) is 35.0 Å². The fraction of sp³-hybridized carbons (Fsp3) is 0.200. The van der Waals surface area contributed by atoms with Crippen molar-refractivity contribution >= 4 is 40.7 Å². The predicted octanol–water partition coefficient (Wildman–Crippen LogP) is 5.95. The Morgan fingerprint density at radius 1 is 1.04 bits per heavy atom. The third-order valence-corrected chi connectivity index (χ3v) is 4.80. The van der Waals surface area contributed by atoms with Crippen LogP contribution >= 0.6 is 34.8 Å². The SMILES string of the molecule is Cc1c(C(=O)NC(C)C)nn(-c2ccc(Cl)cc2Cl)c1-c1ccc(Cl)cc1. The molecule has 3 rings (SSSR count). The molecule has 1 N–H and O–H groups in total. The van der Waals surface area contributed by atoms with Gasteiger partial charge in [-0.3, -0.25) is 4.79 Å². The van der Waals surface area contributed by atoms with E-state index in [1.807, 2.05) is 32.9 Å². The maximum Gasteiger partial charge on any atom is 0.272 e. The minimum Gasteiger partial charge on any atom is -0.348 e. The van der Waals surface area contributed by atoms with Gasteiger partial charge in [0.05, 0.1) is 16.4 Å². The van der Waals surface area contributed by atoms with Crippen molar-refractivity contribution in [2.24, 2.45) is 0 Å². The van der Waals surface area contributed by atoms with E-state index in [0.717, 1.165) is 16.8 Å². The maximum atomic E-state index is 12.6. The highest BCUT2D eigenvalue weighted by molar-refractivity contribution is 6.35. The Balaban J connectivity index is 2.24. The molecule has 2 aromatic carbocycles. The van der Waals surface area contributed by atoms with Crippen molar-refractivity contribution in [2.45, 2.75) is 26.8 Å². The lowest BCUT2D eigenvalue weighted by Crippen LogP contribution is -2.31. The zero-order valence-corrected chi connectivity index (χ0v) is 17.3. The van der Waals surface area contributed by atoms with Crippen molar-refractivity contribution in [1.29, 1.82) is 0 Å². The molecule has 140 valence electrons. The lowest BCUT2D eigenvalue weighted by molar-refractivity contribution is 0.0937. The molecule has 1 amide bonds. The van der Waals surface area contributed by atoms with Crippen molar-refractivity contribution in [3.05, 3.63) is 68.8 Å². The summed E-state index contributed by atoms with van der Waals surface area (Å²) < 4.78 is 1.67. The molecule has 0 fully saturated rings. The largest absolute Gasteiger partial charge is 0.348 e. The maximum absolute atomic E-state index is 12.6. The van der Waals surface area contributed by atoms with E-state index in [2.05, 4.69) is 10.4 Å². The highest BCUT2D eigenvalue weighted by Crippen LogP contribution is 2.33. The zero-order valence-electron chi connectivity index (χ0n) is 15.1. The molecule has 7 heteroatoms. The average Bonchev–Trinajstić information content (AvgIpc) is 2.92. The Labute approximate surface area is 173 Å². The number of rotatable bonds is 4. The van der Waals surface area contributed by atoms with E-state index in [1.165, 1.54) is 0 Å². The van der Waals surface area contributed by atoms with Crippen LogP contribution in [-0.4, -0.2) is 21.7 Å². The average molecular weight is 423 g/mol. The van der Waals surface area contributed by atoms with Crippen LogP contribution in [0.4, 0.5) is 0 Å². The summed E-state index contributed by atoms with van der Waals surface area (Å²) in [5.41, 5.74) is 3.38. The van der Waals surface area contributed by atoms with E-state index in [9.17, 15) is 4.79 Å². The minimum absolute atomic E-state index is 0.000141. The summed E-state index contributed by atoms with van der Waals surface area (Å²) in [6.07, 6.45) is 0. The smallest absolute Gasteiger partial charge is 0.272 e. The second kappa shape index (κ2) is 7.93. The Bertz CT molecular complexity index is 994. The van der Waals surface area contributed by atoms with Crippen LogP contribution in [-0.2, 0) is 0 Å². The quantitative estimate of drug-likeness (QED) is 0.565. The Kier molecular flexibility index (Phi) is 5.80. The molecule has 4 nitrogen and oxygen atoms in total. The molecule has 1 aromatic heterocycles. The van der Waals surface area contributed by atoms with Crippen LogP contribution in [0.1, 0.15) is 29.9 Å². The lowest BCUT2D eigenvalue weighted by Gasteiger charge is -2.11. The highest BCUT2D eigenvalue weighted by atomic mass is 35.5. The summed E-state index contributed by atoms with van der Waals surface area (Å²) in [4.78, 5) is 12.6. The van der Waals surface area contributed by atoms with Gasteiger partial charge in [0.1, 0.15) is 0 Å². The van der Waals surface area contributed by atoms with E-state index >= 15 is 0 Å². The number of benzene rings is 2. The van der Waals surface area contributed by atoms with Gasteiger partial charge in [-0.1, -0.05) is 46.9 Å². The molecule has 3 aromatic rings. The van der Waals surface area contributed by atoms with E-state index in [-0.39, 0.29) is 11.9 Å². The first kappa shape index (κ1) is 19.7. The molecule has 0 atom stereocenters. The van der Waals surface area contributed by atoms with E-state index < -0.39 is 0 Å². The molecule has 1 heterocycles. The van der Waals surface area contributed by atoms with Gasteiger partial charge in [0.25, 0.3) is 5.91 Å².